The molecule has 9 nitrogen and oxygen atoms in total. The normalized spacial score (nSPS) is 20.1. The lowest BCUT2D eigenvalue weighted by atomic mass is 9.99. The van der Waals surface area contributed by atoms with Gasteiger partial charge in [0.15, 0.2) is 0 Å². The summed E-state index contributed by atoms with van der Waals surface area (Å²) in [6.07, 6.45) is 3.43. The molecule has 2 aliphatic rings. The standard InChI is InChI=1S/C21H30N4O5S/c1-3-30-18-8-4-5-9-19(18)31(27,28)23-12-6-7-16(15-23)20-22-24(13-14-29-2)21(26)25(20)17-10-11-17/h4-5,8-9,16-17H,3,6-7,10-15H2,1-2H3. The van der Waals surface area contributed by atoms with E-state index in [2.05, 4.69) is 5.10 Å². The molecule has 0 N–H and O–H groups in total. The van der Waals surface area contributed by atoms with Gasteiger partial charge in [-0.2, -0.15) is 9.40 Å². The second kappa shape index (κ2) is 9.13. The molecule has 1 aromatic carbocycles. The number of methoxy groups -OCH3 is 1. The summed E-state index contributed by atoms with van der Waals surface area (Å²) in [6.45, 7) is 3.76. The van der Waals surface area contributed by atoms with Crippen LogP contribution in [-0.4, -0.2) is 60.5 Å². The first-order valence-corrected chi connectivity index (χ1v) is 12.3. The quantitative estimate of drug-likeness (QED) is 0.580. The average Bonchev–Trinajstić information content (AvgIpc) is 3.56. The Morgan fingerprint density at radius 2 is 1.97 bits per heavy atom. The van der Waals surface area contributed by atoms with Gasteiger partial charge in [-0.15, -0.1) is 0 Å². The summed E-state index contributed by atoms with van der Waals surface area (Å²) in [5, 5.41) is 4.61. The zero-order chi connectivity index (χ0) is 22.0. The molecule has 10 heteroatoms. The number of para-hydroxylation sites is 1. The minimum atomic E-state index is -3.72. The first-order valence-electron chi connectivity index (χ1n) is 10.9. The van der Waals surface area contributed by atoms with Crippen LogP contribution in [0.15, 0.2) is 34.0 Å². The molecule has 0 bridgehead atoms. The summed E-state index contributed by atoms with van der Waals surface area (Å²) < 4.78 is 42.3. The van der Waals surface area contributed by atoms with Crippen LogP contribution in [0.1, 0.15) is 50.4 Å². The Morgan fingerprint density at radius 1 is 1.19 bits per heavy atom. The van der Waals surface area contributed by atoms with Gasteiger partial charge >= 0.3 is 5.69 Å². The van der Waals surface area contributed by atoms with Crippen molar-refractivity contribution >= 4 is 10.0 Å². The van der Waals surface area contributed by atoms with E-state index in [0.717, 1.165) is 19.3 Å². The predicted molar refractivity (Wildman–Crippen MR) is 115 cm³/mol. The molecule has 1 unspecified atom stereocenters. The molecule has 4 rings (SSSR count). The van der Waals surface area contributed by atoms with E-state index in [0.29, 0.717) is 50.8 Å². The molecule has 2 fully saturated rings. The van der Waals surface area contributed by atoms with Crippen molar-refractivity contribution in [2.24, 2.45) is 0 Å². The van der Waals surface area contributed by atoms with Gasteiger partial charge in [0.1, 0.15) is 16.5 Å². The van der Waals surface area contributed by atoms with Crippen molar-refractivity contribution in [2.75, 3.05) is 33.4 Å². The maximum Gasteiger partial charge on any atom is 0.346 e. The smallest absolute Gasteiger partial charge is 0.346 e. The van der Waals surface area contributed by atoms with Crippen molar-refractivity contribution in [3.8, 4) is 5.75 Å². The van der Waals surface area contributed by atoms with Crippen molar-refractivity contribution in [3.05, 3.63) is 40.6 Å². The number of piperidine rings is 1. The number of nitrogens with zero attached hydrogens (tertiary/aromatic N) is 4. The number of rotatable bonds is 9. The summed E-state index contributed by atoms with van der Waals surface area (Å²) in [4.78, 5) is 13.1. The van der Waals surface area contributed by atoms with Gasteiger partial charge in [-0.25, -0.2) is 17.9 Å². The number of ether oxygens (including phenoxy) is 2. The summed E-state index contributed by atoms with van der Waals surface area (Å²) in [6, 6.07) is 6.91. The average molecular weight is 451 g/mol. The van der Waals surface area contributed by atoms with E-state index in [1.165, 1.54) is 8.99 Å². The van der Waals surface area contributed by atoms with E-state index >= 15 is 0 Å². The van der Waals surface area contributed by atoms with Gasteiger partial charge in [0.05, 0.1) is 19.8 Å². The third kappa shape index (κ3) is 4.42. The molecule has 2 heterocycles. The minimum Gasteiger partial charge on any atom is -0.492 e. The topological polar surface area (TPSA) is 95.7 Å². The van der Waals surface area contributed by atoms with E-state index in [-0.39, 0.29) is 22.5 Å². The molecule has 1 aromatic heterocycles. The van der Waals surface area contributed by atoms with E-state index in [1.54, 1.807) is 35.9 Å². The van der Waals surface area contributed by atoms with Crippen LogP contribution in [0.5, 0.6) is 5.75 Å². The fourth-order valence-corrected chi connectivity index (χ4v) is 5.82. The summed E-state index contributed by atoms with van der Waals surface area (Å²) in [5.41, 5.74) is -0.128. The highest BCUT2D eigenvalue weighted by Crippen LogP contribution is 2.38. The summed E-state index contributed by atoms with van der Waals surface area (Å²) >= 11 is 0. The monoisotopic (exact) mass is 450 g/mol. The Bertz CT molecular complexity index is 1070. The number of hydrogen-bond donors (Lipinski definition) is 0. The largest absolute Gasteiger partial charge is 0.492 e. The number of hydrogen-bond acceptors (Lipinski definition) is 6. The minimum absolute atomic E-state index is 0.125. The third-order valence-electron chi connectivity index (χ3n) is 5.83. The Labute approximate surface area is 182 Å². The molecule has 1 saturated carbocycles. The first kappa shape index (κ1) is 22.0. The van der Waals surface area contributed by atoms with Gasteiger partial charge in [0.2, 0.25) is 10.0 Å². The third-order valence-corrected chi connectivity index (χ3v) is 7.74. The van der Waals surface area contributed by atoms with E-state index in [1.807, 2.05) is 6.92 Å². The van der Waals surface area contributed by atoms with Gasteiger partial charge in [-0.1, -0.05) is 12.1 Å². The Kier molecular flexibility index (Phi) is 6.49. The van der Waals surface area contributed by atoms with Crippen LogP contribution in [0.2, 0.25) is 0 Å². The van der Waals surface area contributed by atoms with Gasteiger partial charge in [-0.05, 0) is 44.7 Å². The van der Waals surface area contributed by atoms with Crippen LogP contribution >= 0.6 is 0 Å². The van der Waals surface area contributed by atoms with Gasteiger partial charge in [-0.3, -0.25) is 4.57 Å². The van der Waals surface area contributed by atoms with E-state index in [9.17, 15) is 13.2 Å². The maximum atomic E-state index is 13.4. The zero-order valence-corrected chi connectivity index (χ0v) is 18.9. The molecule has 2 aromatic rings. The van der Waals surface area contributed by atoms with Crippen molar-refractivity contribution in [2.45, 2.75) is 56.0 Å². The van der Waals surface area contributed by atoms with Crippen LogP contribution in [0.25, 0.3) is 0 Å². The molecular formula is C21H30N4O5S. The molecular weight excluding hydrogens is 420 g/mol. The highest BCUT2D eigenvalue weighted by atomic mass is 32.2. The van der Waals surface area contributed by atoms with Gasteiger partial charge in [0.25, 0.3) is 0 Å². The number of sulfonamides is 1. The summed E-state index contributed by atoms with van der Waals surface area (Å²) in [5.74, 6) is 0.937. The fraction of sp³-hybridized carbons (Fsp3) is 0.619. The van der Waals surface area contributed by atoms with E-state index < -0.39 is 10.0 Å². The lowest BCUT2D eigenvalue weighted by Crippen LogP contribution is -2.40. The molecule has 1 saturated heterocycles. The molecule has 0 amide bonds. The highest BCUT2D eigenvalue weighted by Gasteiger charge is 2.37. The lowest BCUT2D eigenvalue weighted by molar-refractivity contribution is 0.182. The van der Waals surface area contributed by atoms with Crippen molar-refractivity contribution in [3.63, 3.8) is 0 Å². The lowest BCUT2D eigenvalue weighted by Gasteiger charge is -2.31. The molecule has 1 aliphatic heterocycles. The van der Waals surface area contributed by atoms with Crippen LogP contribution in [0.3, 0.4) is 0 Å². The van der Waals surface area contributed by atoms with Gasteiger partial charge in [0, 0.05) is 32.2 Å². The molecule has 1 aliphatic carbocycles. The molecule has 1 atom stereocenters. The Balaban J connectivity index is 1.63. The first-order chi connectivity index (χ1) is 15.0. The Hall–Kier alpha value is -2.17. The molecule has 31 heavy (non-hydrogen) atoms. The fourth-order valence-electron chi connectivity index (χ4n) is 4.16. The number of aromatic nitrogens is 3. The van der Waals surface area contributed by atoms with Crippen LogP contribution in [0.4, 0.5) is 0 Å². The van der Waals surface area contributed by atoms with Gasteiger partial charge < -0.3 is 9.47 Å². The van der Waals surface area contributed by atoms with Crippen molar-refractivity contribution in [1.29, 1.82) is 0 Å². The Morgan fingerprint density at radius 3 is 2.68 bits per heavy atom. The van der Waals surface area contributed by atoms with Crippen molar-refractivity contribution < 1.29 is 17.9 Å². The van der Waals surface area contributed by atoms with Crippen LogP contribution in [0, 0.1) is 0 Å². The van der Waals surface area contributed by atoms with Crippen LogP contribution < -0.4 is 10.4 Å². The molecule has 0 radical (unpaired) electrons. The predicted octanol–water partition coefficient (Wildman–Crippen LogP) is 1.99. The summed E-state index contributed by atoms with van der Waals surface area (Å²) in [7, 11) is -2.13. The molecule has 0 spiro atoms. The molecule has 170 valence electrons. The van der Waals surface area contributed by atoms with Crippen LogP contribution in [-0.2, 0) is 21.3 Å². The second-order valence-corrected chi connectivity index (χ2v) is 9.95. The SMILES string of the molecule is CCOc1ccccc1S(=O)(=O)N1CCCC(c2nn(CCOC)c(=O)n2C2CC2)C1. The second-order valence-electron chi connectivity index (χ2n) is 8.04. The van der Waals surface area contributed by atoms with E-state index in [4.69, 9.17) is 9.47 Å². The van der Waals surface area contributed by atoms with Crippen molar-refractivity contribution in [1.82, 2.24) is 18.7 Å². The number of benzene rings is 1. The zero-order valence-electron chi connectivity index (χ0n) is 18.1. The maximum absolute atomic E-state index is 13.4. The highest BCUT2D eigenvalue weighted by molar-refractivity contribution is 7.89.